The van der Waals surface area contributed by atoms with Crippen LogP contribution in [0.25, 0.3) is 0 Å². The number of sulfone groups is 1. The number of rotatable bonds is 5. The zero-order chi connectivity index (χ0) is 13.9. The van der Waals surface area contributed by atoms with E-state index in [1.807, 2.05) is 6.92 Å². The van der Waals surface area contributed by atoms with Crippen LogP contribution in [0.2, 0.25) is 0 Å². The molecular weight excluding hydrogens is 256 g/mol. The molecule has 0 radical (unpaired) electrons. The number of carbonyl (C=O) groups excluding carboxylic acids is 1. The molecule has 3 unspecified atom stereocenters. The Morgan fingerprint density at radius 3 is 2.67 bits per heavy atom. The lowest BCUT2D eigenvalue weighted by Gasteiger charge is -2.27. The number of hydrogen-bond donors (Lipinski definition) is 2. The molecule has 0 spiro atoms. The van der Waals surface area contributed by atoms with Gasteiger partial charge in [-0.15, -0.1) is 0 Å². The normalized spacial score (nSPS) is 26.3. The first-order valence-electron chi connectivity index (χ1n) is 6.11. The van der Waals surface area contributed by atoms with Crippen LogP contribution in [-0.4, -0.2) is 61.6 Å². The molecule has 3 atom stereocenters. The maximum Gasteiger partial charge on any atom is 0.239 e. The largest absolute Gasteiger partial charge is 0.394 e. The summed E-state index contributed by atoms with van der Waals surface area (Å²) in [7, 11) is -3.11. The number of hydrogen-bond acceptors (Lipinski definition) is 5. The smallest absolute Gasteiger partial charge is 0.239 e. The van der Waals surface area contributed by atoms with E-state index in [0.717, 1.165) is 12.7 Å². The molecule has 1 fully saturated rings. The van der Waals surface area contributed by atoms with Gasteiger partial charge < -0.3 is 15.7 Å². The molecule has 7 heteroatoms. The predicted molar refractivity (Wildman–Crippen MR) is 68.7 cm³/mol. The SMILES string of the molecule is CC1CCN(C(=O)C(N)CCS(C)(=O)=O)C1CO. The Hall–Kier alpha value is -0.660. The lowest BCUT2D eigenvalue weighted by Crippen LogP contribution is -2.48. The molecule has 1 rings (SSSR count). The number of aliphatic hydroxyl groups excluding tert-OH is 1. The first-order valence-corrected chi connectivity index (χ1v) is 8.17. The lowest BCUT2D eigenvalue weighted by molar-refractivity contribution is -0.134. The molecule has 3 N–H and O–H groups in total. The number of aliphatic hydroxyl groups is 1. The van der Waals surface area contributed by atoms with Gasteiger partial charge in [0.1, 0.15) is 9.84 Å². The monoisotopic (exact) mass is 278 g/mol. The number of likely N-dealkylation sites (tertiary alicyclic amines) is 1. The van der Waals surface area contributed by atoms with Gasteiger partial charge in [0.25, 0.3) is 0 Å². The van der Waals surface area contributed by atoms with Crippen molar-refractivity contribution in [3.8, 4) is 0 Å². The first-order chi connectivity index (χ1) is 8.26. The van der Waals surface area contributed by atoms with Crippen LogP contribution in [0.1, 0.15) is 19.8 Å². The molecule has 1 aliphatic heterocycles. The number of amides is 1. The predicted octanol–water partition coefficient (Wildman–Crippen LogP) is -1.02. The van der Waals surface area contributed by atoms with Crippen molar-refractivity contribution in [2.24, 2.45) is 11.7 Å². The molecule has 1 amide bonds. The molecule has 0 aromatic carbocycles. The standard InChI is InChI=1S/C11H22N2O4S/c1-8-3-5-13(10(8)7-14)11(15)9(12)4-6-18(2,16)17/h8-10,14H,3-7,12H2,1-2H3. The minimum absolute atomic E-state index is 0.0777. The summed E-state index contributed by atoms with van der Waals surface area (Å²) in [6, 6.07) is -0.999. The molecule has 0 saturated carbocycles. The van der Waals surface area contributed by atoms with Gasteiger partial charge in [-0.05, 0) is 18.8 Å². The number of nitrogens with two attached hydrogens (primary N) is 1. The third-order valence-electron chi connectivity index (χ3n) is 3.47. The molecule has 1 heterocycles. The summed E-state index contributed by atoms with van der Waals surface area (Å²) in [6.45, 7) is 2.49. The lowest BCUT2D eigenvalue weighted by atomic mass is 10.0. The third-order valence-corrected chi connectivity index (χ3v) is 4.45. The number of carbonyl (C=O) groups is 1. The van der Waals surface area contributed by atoms with Gasteiger partial charge in [-0.2, -0.15) is 0 Å². The van der Waals surface area contributed by atoms with Crippen LogP contribution in [-0.2, 0) is 14.6 Å². The van der Waals surface area contributed by atoms with Gasteiger partial charge in [0.15, 0.2) is 0 Å². The highest BCUT2D eigenvalue weighted by Gasteiger charge is 2.35. The fourth-order valence-corrected chi connectivity index (χ4v) is 2.92. The van der Waals surface area contributed by atoms with Crippen molar-refractivity contribution in [1.82, 2.24) is 4.90 Å². The maximum atomic E-state index is 12.1. The van der Waals surface area contributed by atoms with Gasteiger partial charge in [0, 0.05) is 12.8 Å². The van der Waals surface area contributed by atoms with E-state index in [1.165, 1.54) is 0 Å². The molecule has 106 valence electrons. The highest BCUT2D eigenvalue weighted by Crippen LogP contribution is 2.24. The van der Waals surface area contributed by atoms with E-state index in [9.17, 15) is 18.3 Å². The van der Waals surface area contributed by atoms with Gasteiger partial charge >= 0.3 is 0 Å². The Kier molecular flexibility index (Phi) is 5.12. The molecule has 0 aliphatic carbocycles. The van der Waals surface area contributed by atoms with Crippen LogP contribution in [0, 0.1) is 5.92 Å². The topological polar surface area (TPSA) is 101 Å². The van der Waals surface area contributed by atoms with E-state index in [-0.39, 0.29) is 36.6 Å². The summed E-state index contributed by atoms with van der Waals surface area (Å²) < 4.78 is 22.1. The van der Waals surface area contributed by atoms with E-state index >= 15 is 0 Å². The molecule has 18 heavy (non-hydrogen) atoms. The quantitative estimate of drug-likeness (QED) is 0.670. The molecule has 0 aromatic rings. The third kappa shape index (κ3) is 3.93. The van der Waals surface area contributed by atoms with Crippen LogP contribution in [0.3, 0.4) is 0 Å². The van der Waals surface area contributed by atoms with Crippen LogP contribution in [0.5, 0.6) is 0 Å². The Morgan fingerprint density at radius 1 is 1.56 bits per heavy atom. The fraction of sp³-hybridized carbons (Fsp3) is 0.909. The maximum absolute atomic E-state index is 12.1. The van der Waals surface area contributed by atoms with Crippen molar-refractivity contribution >= 4 is 15.7 Å². The van der Waals surface area contributed by atoms with Gasteiger partial charge in [0.2, 0.25) is 5.91 Å². The average molecular weight is 278 g/mol. The van der Waals surface area contributed by atoms with Gasteiger partial charge in [-0.3, -0.25) is 4.79 Å². The Morgan fingerprint density at radius 2 is 2.17 bits per heavy atom. The van der Waals surface area contributed by atoms with Gasteiger partial charge in [0.05, 0.1) is 24.4 Å². The Labute approximate surface area is 108 Å². The number of nitrogens with zero attached hydrogens (tertiary/aromatic N) is 1. The summed E-state index contributed by atoms with van der Waals surface area (Å²) in [5.74, 6) is -0.101. The van der Waals surface area contributed by atoms with Crippen LogP contribution < -0.4 is 5.73 Å². The van der Waals surface area contributed by atoms with Crippen molar-refractivity contribution < 1.29 is 18.3 Å². The molecule has 6 nitrogen and oxygen atoms in total. The van der Waals surface area contributed by atoms with E-state index in [2.05, 4.69) is 0 Å². The van der Waals surface area contributed by atoms with Crippen molar-refractivity contribution in [2.75, 3.05) is 25.2 Å². The van der Waals surface area contributed by atoms with Crippen molar-refractivity contribution in [3.05, 3.63) is 0 Å². The van der Waals surface area contributed by atoms with E-state index in [4.69, 9.17) is 5.73 Å². The highest BCUT2D eigenvalue weighted by atomic mass is 32.2. The summed E-state index contributed by atoms with van der Waals surface area (Å²) in [5, 5.41) is 9.27. The molecule has 1 aliphatic rings. The summed E-state index contributed by atoms with van der Waals surface area (Å²) in [6.07, 6.45) is 2.09. The Balaban J connectivity index is 2.58. The summed E-state index contributed by atoms with van der Waals surface area (Å²) in [5.41, 5.74) is 5.73. The molecule has 0 aromatic heterocycles. The van der Waals surface area contributed by atoms with Crippen LogP contribution in [0.4, 0.5) is 0 Å². The van der Waals surface area contributed by atoms with Gasteiger partial charge in [-0.1, -0.05) is 6.92 Å². The van der Waals surface area contributed by atoms with Crippen LogP contribution >= 0.6 is 0 Å². The summed E-state index contributed by atoms with van der Waals surface area (Å²) in [4.78, 5) is 13.7. The summed E-state index contributed by atoms with van der Waals surface area (Å²) >= 11 is 0. The highest BCUT2D eigenvalue weighted by molar-refractivity contribution is 7.90. The van der Waals surface area contributed by atoms with Gasteiger partial charge in [-0.25, -0.2) is 8.42 Å². The van der Waals surface area contributed by atoms with E-state index in [0.29, 0.717) is 6.54 Å². The molecule has 0 bridgehead atoms. The molecular formula is C11H22N2O4S. The second kappa shape index (κ2) is 5.99. The van der Waals surface area contributed by atoms with Crippen molar-refractivity contribution in [3.63, 3.8) is 0 Å². The van der Waals surface area contributed by atoms with Crippen molar-refractivity contribution in [1.29, 1.82) is 0 Å². The fourth-order valence-electron chi connectivity index (χ4n) is 2.24. The minimum atomic E-state index is -3.11. The molecule has 1 saturated heterocycles. The van der Waals surface area contributed by atoms with Crippen LogP contribution in [0.15, 0.2) is 0 Å². The minimum Gasteiger partial charge on any atom is -0.394 e. The second-order valence-electron chi connectivity index (χ2n) is 5.07. The van der Waals surface area contributed by atoms with E-state index in [1.54, 1.807) is 4.90 Å². The Bertz CT molecular complexity index is 396. The van der Waals surface area contributed by atoms with E-state index < -0.39 is 15.9 Å². The zero-order valence-corrected chi connectivity index (χ0v) is 11.7. The first kappa shape index (κ1) is 15.4. The zero-order valence-electron chi connectivity index (χ0n) is 10.9. The second-order valence-corrected chi connectivity index (χ2v) is 7.33. The average Bonchev–Trinajstić information content (AvgIpc) is 2.65. The van der Waals surface area contributed by atoms with Crippen molar-refractivity contribution in [2.45, 2.75) is 31.8 Å².